The first-order valence-electron chi connectivity index (χ1n) is 10.2. The van der Waals surface area contributed by atoms with E-state index in [1.165, 1.54) is 47.4 Å². The number of halogens is 4. The molecule has 0 amide bonds. The lowest BCUT2D eigenvalue weighted by Crippen LogP contribution is -2.36. The Bertz CT molecular complexity index is 1500. The van der Waals surface area contributed by atoms with Gasteiger partial charge in [0.15, 0.2) is 0 Å². The molecule has 0 radical (unpaired) electrons. The third-order valence-corrected chi connectivity index (χ3v) is 5.63. The molecule has 1 aliphatic rings. The highest BCUT2D eigenvalue weighted by Crippen LogP contribution is 2.39. The molecule has 0 aromatic carbocycles. The van der Waals surface area contributed by atoms with Gasteiger partial charge in [-0.3, -0.25) is 0 Å². The van der Waals surface area contributed by atoms with E-state index in [2.05, 4.69) is 30.2 Å². The zero-order valence-electron chi connectivity index (χ0n) is 17.2. The highest BCUT2D eigenvalue weighted by molar-refractivity contribution is 5.59. The summed E-state index contributed by atoms with van der Waals surface area (Å²) in [4.78, 5) is 12.9. The van der Waals surface area contributed by atoms with Gasteiger partial charge in [0.2, 0.25) is 5.95 Å². The maximum absolute atomic E-state index is 13.6. The molecule has 34 heavy (non-hydrogen) atoms. The van der Waals surface area contributed by atoms with E-state index in [-0.39, 0.29) is 23.1 Å². The van der Waals surface area contributed by atoms with Gasteiger partial charge in [-0.1, -0.05) is 11.2 Å². The van der Waals surface area contributed by atoms with E-state index >= 15 is 0 Å². The number of alkyl halides is 3. The van der Waals surface area contributed by atoms with Crippen LogP contribution in [0.3, 0.4) is 0 Å². The Kier molecular flexibility index (Phi) is 4.40. The molecule has 6 heterocycles. The number of rotatable bonds is 3. The zero-order valence-corrected chi connectivity index (χ0v) is 17.2. The Morgan fingerprint density at radius 1 is 1.12 bits per heavy atom. The molecule has 0 aliphatic carbocycles. The molecule has 0 fully saturated rings. The van der Waals surface area contributed by atoms with Crippen LogP contribution in [-0.2, 0) is 12.6 Å². The Morgan fingerprint density at radius 3 is 2.82 bits per heavy atom. The van der Waals surface area contributed by atoms with Crippen LogP contribution < -0.4 is 4.90 Å². The minimum atomic E-state index is -4.54. The highest BCUT2D eigenvalue weighted by atomic mass is 19.4. The maximum atomic E-state index is 13.6. The average Bonchev–Trinajstić information content (AvgIpc) is 3.56. The fraction of sp³-hybridized carbons (Fsp3) is 0.190. The standard InChI is InChI=1S/C21H14F4N8O/c22-16-5-1-4-13(28-16)19-29-30-20(34-19)32-8-6-12-17(27-10-26-12)18(32)14-9-15-11(21(23,24)25)3-2-7-33(15)31-14/h1-5,7,9-10,18H,6,8H2,(H,26,27). The van der Waals surface area contributed by atoms with Crippen molar-refractivity contribution in [1.82, 2.24) is 34.8 Å². The van der Waals surface area contributed by atoms with Gasteiger partial charge in [-0.25, -0.2) is 14.5 Å². The van der Waals surface area contributed by atoms with Crippen molar-refractivity contribution in [3.63, 3.8) is 0 Å². The number of aromatic nitrogens is 7. The molecule has 5 aromatic rings. The maximum Gasteiger partial charge on any atom is 0.418 e. The van der Waals surface area contributed by atoms with Crippen LogP contribution in [0.25, 0.3) is 17.1 Å². The van der Waals surface area contributed by atoms with Gasteiger partial charge in [0.25, 0.3) is 5.89 Å². The van der Waals surface area contributed by atoms with Crippen molar-refractivity contribution in [1.29, 1.82) is 0 Å². The summed E-state index contributed by atoms with van der Waals surface area (Å²) in [5.74, 6) is -0.685. The molecule has 6 rings (SSSR count). The van der Waals surface area contributed by atoms with Crippen LogP contribution in [0, 0.1) is 5.95 Å². The lowest BCUT2D eigenvalue weighted by Gasteiger charge is -2.32. The van der Waals surface area contributed by atoms with Crippen molar-refractivity contribution < 1.29 is 22.0 Å². The van der Waals surface area contributed by atoms with Gasteiger partial charge in [0, 0.05) is 24.9 Å². The zero-order chi connectivity index (χ0) is 23.4. The summed E-state index contributed by atoms with van der Waals surface area (Å²) in [6, 6.07) is 7.28. The van der Waals surface area contributed by atoms with Gasteiger partial charge >= 0.3 is 12.2 Å². The normalized spacial score (nSPS) is 16.2. The van der Waals surface area contributed by atoms with E-state index in [4.69, 9.17) is 4.42 Å². The van der Waals surface area contributed by atoms with Crippen LogP contribution in [0.1, 0.15) is 28.7 Å². The second-order valence-corrected chi connectivity index (χ2v) is 7.67. The summed E-state index contributed by atoms with van der Waals surface area (Å²) in [6.07, 6.45) is -1.01. The third-order valence-electron chi connectivity index (χ3n) is 5.63. The summed E-state index contributed by atoms with van der Waals surface area (Å²) in [7, 11) is 0. The molecule has 0 saturated heterocycles. The average molecular weight is 470 g/mol. The van der Waals surface area contributed by atoms with Crippen LogP contribution in [0.4, 0.5) is 23.6 Å². The second-order valence-electron chi connectivity index (χ2n) is 7.67. The van der Waals surface area contributed by atoms with Gasteiger partial charge in [-0.05, 0) is 30.3 Å². The van der Waals surface area contributed by atoms with Crippen molar-refractivity contribution >= 4 is 11.5 Å². The molecule has 1 N–H and O–H groups in total. The monoisotopic (exact) mass is 470 g/mol. The molecule has 1 aliphatic heterocycles. The third kappa shape index (κ3) is 3.27. The van der Waals surface area contributed by atoms with Crippen molar-refractivity contribution in [3.8, 4) is 11.6 Å². The molecule has 0 saturated carbocycles. The summed E-state index contributed by atoms with van der Waals surface area (Å²) >= 11 is 0. The highest BCUT2D eigenvalue weighted by Gasteiger charge is 2.38. The molecule has 172 valence electrons. The summed E-state index contributed by atoms with van der Waals surface area (Å²) in [5, 5.41) is 12.5. The Hall–Kier alpha value is -4.29. The predicted molar refractivity (Wildman–Crippen MR) is 109 cm³/mol. The van der Waals surface area contributed by atoms with Gasteiger partial charge in [-0.2, -0.15) is 22.7 Å². The Balaban J connectivity index is 1.46. The number of nitrogens with zero attached hydrogens (tertiary/aromatic N) is 7. The number of hydrogen-bond donors (Lipinski definition) is 1. The number of fused-ring (bicyclic) bond motifs is 2. The molecular formula is C21H14F4N8O. The van der Waals surface area contributed by atoms with E-state index < -0.39 is 23.7 Å². The molecule has 1 unspecified atom stereocenters. The lowest BCUT2D eigenvalue weighted by atomic mass is 10.00. The van der Waals surface area contributed by atoms with Crippen LogP contribution >= 0.6 is 0 Å². The first-order valence-corrected chi connectivity index (χ1v) is 10.2. The molecule has 13 heteroatoms. The Morgan fingerprint density at radius 2 is 2.00 bits per heavy atom. The summed E-state index contributed by atoms with van der Waals surface area (Å²) in [6.45, 7) is 0.401. The Labute approximate surface area is 188 Å². The van der Waals surface area contributed by atoms with E-state index in [1.54, 1.807) is 4.90 Å². The van der Waals surface area contributed by atoms with Gasteiger partial charge < -0.3 is 14.3 Å². The number of nitrogens with one attached hydrogen (secondary N) is 1. The predicted octanol–water partition coefficient (Wildman–Crippen LogP) is 3.81. The van der Waals surface area contributed by atoms with E-state index in [0.29, 0.717) is 24.4 Å². The van der Waals surface area contributed by atoms with Crippen molar-refractivity contribution in [3.05, 3.63) is 77.5 Å². The molecule has 0 bridgehead atoms. The van der Waals surface area contributed by atoms with Gasteiger partial charge in [0.1, 0.15) is 11.7 Å². The second kappa shape index (κ2) is 7.37. The summed E-state index contributed by atoms with van der Waals surface area (Å²) < 4.78 is 61.2. The number of hydrogen-bond acceptors (Lipinski definition) is 7. The molecule has 9 nitrogen and oxygen atoms in total. The summed E-state index contributed by atoms with van der Waals surface area (Å²) in [5.41, 5.74) is 1.04. The first-order chi connectivity index (χ1) is 16.4. The molecule has 1 atom stereocenters. The quantitative estimate of drug-likeness (QED) is 0.316. The van der Waals surface area contributed by atoms with E-state index in [0.717, 1.165) is 11.8 Å². The number of aromatic amines is 1. The van der Waals surface area contributed by atoms with Crippen LogP contribution in [-0.4, -0.2) is 41.3 Å². The first kappa shape index (κ1) is 20.3. The number of imidazole rings is 1. The smallest absolute Gasteiger partial charge is 0.402 e. The van der Waals surface area contributed by atoms with Crippen LogP contribution in [0.2, 0.25) is 0 Å². The van der Waals surface area contributed by atoms with Crippen molar-refractivity contribution in [2.45, 2.75) is 18.6 Å². The lowest BCUT2D eigenvalue weighted by molar-refractivity contribution is -0.136. The largest absolute Gasteiger partial charge is 0.418 e. The SMILES string of the molecule is Fc1cccc(-c2nnc(N3CCc4[nH]cnc4C3c3cc4c(C(F)(F)F)cccn4n3)o2)n1. The van der Waals surface area contributed by atoms with Crippen molar-refractivity contribution in [2.24, 2.45) is 0 Å². The minimum Gasteiger partial charge on any atom is -0.402 e. The van der Waals surface area contributed by atoms with E-state index in [9.17, 15) is 17.6 Å². The van der Waals surface area contributed by atoms with Gasteiger partial charge in [0.05, 0.1) is 28.8 Å². The molecule has 0 spiro atoms. The minimum absolute atomic E-state index is 0.00966. The van der Waals surface area contributed by atoms with Crippen LogP contribution in [0.5, 0.6) is 0 Å². The van der Waals surface area contributed by atoms with E-state index in [1.807, 2.05) is 0 Å². The number of H-pyrrole nitrogens is 1. The molecule has 5 aromatic heterocycles. The van der Waals surface area contributed by atoms with Crippen molar-refractivity contribution in [2.75, 3.05) is 11.4 Å². The van der Waals surface area contributed by atoms with Gasteiger partial charge in [-0.15, -0.1) is 5.10 Å². The van der Waals surface area contributed by atoms with Crippen LogP contribution in [0.15, 0.2) is 53.3 Å². The molecular weight excluding hydrogens is 456 g/mol. The number of anilines is 1. The fourth-order valence-electron chi connectivity index (χ4n) is 4.15. The topological polar surface area (TPSA) is 101 Å². The number of pyridine rings is 2. The fourth-order valence-corrected chi connectivity index (χ4v) is 4.15.